The molecular formula is C23H33N6S+. The van der Waals surface area contributed by atoms with Crippen molar-refractivity contribution in [3.05, 3.63) is 57.5 Å². The van der Waals surface area contributed by atoms with Gasteiger partial charge in [0.05, 0.1) is 32.7 Å². The average Bonchev–Trinajstić information content (AvgIpc) is 3.41. The number of aryl methyl sites for hydroxylation is 1. The molecule has 4 rings (SSSR count). The minimum absolute atomic E-state index is 0.334. The van der Waals surface area contributed by atoms with Gasteiger partial charge in [-0.3, -0.25) is 0 Å². The molecule has 1 aliphatic rings. The van der Waals surface area contributed by atoms with Crippen LogP contribution in [-0.4, -0.2) is 46.4 Å². The van der Waals surface area contributed by atoms with Gasteiger partial charge in [-0.2, -0.15) is 0 Å². The van der Waals surface area contributed by atoms with Crippen molar-refractivity contribution in [2.24, 2.45) is 5.92 Å². The molecule has 0 amide bonds. The van der Waals surface area contributed by atoms with Crippen LogP contribution in [0.4, 0.5) is 5.69 Å². The van der Waals surface area contributed by atoms with E-state index in [1.54, 1.807) is 16.2 Å². The first-order chi connectivity index (χ1) is 14.5. The van der Waals surface area contributed by atoms with Crippen molar-refractivity contribution in [3.63, 3.8) is 0 Å². The number of aromatic nitrogens is 4. The third-order valence-corrected chi connectivity index (χ3v) is 7.14. The number of benzene rings is 1. The maximum Gasteiger partial charge on any atom is 0.209 e. The lowest BCUT2D eigenvalue weighted by molar-refractivity contribution is -0.934. The molecule has 3 heterocycles. The molecule has 1 saturated heterocycles. The Morgan fingerprint density at radius 3 is 2.60 bits per heavy atom. The molecule has 30 heavy (non-hydrogen) atoms. The van der Waals surface area contributed by atoms with Gasteiger partial charge in [0.25, 0.3) is 0 Å². The van der Waals surface area contributed by atoms with Crippen LogP contribution < -0.4 is 9.80 Å². The van der Waals surface area contributed by atoms with Gasteiger partial charge >= 0.3 is 0 Å². The quantitative estimate of drug-likeness (QED) is 0.632. The molecular weight excluding hydrogens is 392 g/mol. The lowest BCUT2D eigenvalue weighted by Crippen LogP contribution is -3.15. The molecule has 6 nitrogen and oxygen atoms in total. The van der Waals surface area contributed by atoms with Gasteiger partial charge in [-0.25, -0.2) is 4.68 Å². The Labute approximate surface area is 183 Å². The number of quaternary nitrogens is 1. The van der Waals surface area contributed by atoms with Crippen molar-refractivity contribution in [1.29, 1.82) is 0 Å². The average molecular weight is 426 g/mol. The Bertz CT molecular complexity index is 941. The van der Waals surface area contributed by atoms with E-state index < -0.39 is 0 Å². The van der Waals surface area contributed by atoms with Crippen LogP contribution in [0, 0.1) is 19.8 Å². The predicted molar refractivity (Wildman–Crippen MR) is 122 cm³/mol. The monoisotopic (exact) mass is 425 g/mol. The first-order valence-electron chi connectivity index (χ1n) is 11.0. The number of nitrogens with zero attached hydrogens (tertiary/aromatic N) is 5. The third kappa shape index (κ3) is 4.57. The maximum absolute atomic E-state index is 4.50. The van der Waals surface area contributed by atoms with E-state index in [1.807, 2.05) is 4.68 Å². The summed E-state index contributed by atoms with van der Waals surface area (Å²) in [5, 5.41) is 15.0. The molecule has 3 aromatic rings. The van der Waals surface area contributed by atoms with Gasteiger partial charge in [-0.05, 0) is 58.8 Å². The number of hydrogen-bond donors (Lipinski definition) is 1. The highest BCUT2D eigenvalue weighted by Crippen LogP contribution is 2.23. The third-order valence-electron chi connectivity index (χ3n) is 6.28. The summed E-state index contributed by atoms with van der Waals surface area (Å²) in [5.74, 6) is 1.64. The second kappa shape index (κ2) is 9.27. The highest BCUT2D eigenvalue weighted by atomic mass is 32.1. The van der Waals surface area contributed by atoms with Crippen molar-refractivity contribution in [3.8, 4) is 0 Å². The summed E-state index contributed by atoms with van der Waals surface area (Å²) in [6.07, 6.45) is 1.10. The summed E-state index contributed by atoms with van der Waals surface area (Å²) in [4.78, 5) is 5.45. The van der Waals surface area contributed by atoms with Crippen LogP contribution in [0.15, 0.2) is 35.7 Å². The van der Waals surface area contributed by atoms with Gasteiger partial charge in [0, 0.05) is 17.0 Å². The number of anilines is 1. The van der Waals surface area contributed by atoms with E-state index in [-0.39, 0.29) is 0 Å². The molecule has 1 aromatic carbocycles. The predicted octanol–water partition coefficient (Wildman–Crippen LogP) is 2.89. The number of tetrazole rings is 1. The van der Waals surface area contributed by atoms with E-state index in [2.05, 4.69) is 83.8 Å². The van der Waals surface area contributed by atoms with Crippen molar-refractivity contribution >= 4 is 17.0 Å². The van der Waals surface area contributed by atoms with E-state index in [0.717, 1.165) is 45.0 Å². The maximum atomic E-state index is 4.50. The minimum atomic E-state index is 0.334. The molecule has 1 N–H and O–H groups in total. The van der Waals surface area contributed by atoms with E-state index in [1.165, 1.54) is 21.7 Å². The fraction of sp³-hybridized carbons (Fsp3) is 0.522. The molecule has 7 heteroatoms. The molecule has 0 radical (unpaired) electrons. The fourth-order valence-electron chi connectivity index (χ4n) is 4.51. The van der Waals surface area contributed by atoms with Gasteiger partial charge < -0.3 is 9.80 Å². The van der Waals surface area contributed by atoms with Gasteiger partial charge in [0.1, 0.15) is 6.04 Å². The summed E-state index contributed by atoms with van der Waals surface area (Å²) in [5.41, 5.74) is 4.16. The second-order valence-electron chi connectivity index (χ2n) is 8.82. The first-order valence-corrected chi connectivity index (χ1v) is 11.8. The smallest absolute Gasteiger partial charge is 0.209 e. The van der Waals surface area contributed by atoms with E-state index >= 15 is 0 Å². The highest BCUT2D eigenvalue weighted by Gasteiger charge is 2.33. The molecule has 0 saturated carbocycles. The Morgan fingerprint density at radius 2 is 1.90 bits per heavy atom. The molecule has 1 aliphatic heterocycles. The van der Waals surface area contributed by atoms with Gasteiger partial charge in [-0.15, -0.1) is 16.4 Å². The number of rotatable bonds is 7. The Hall–Kier alpha value is -2.25. The van der Waals surface area contributed by atoms with E-state index in [0.29, 0.717) is 12.0 Å². The number of piperazine rings is 1. The van der Waals surface area contributed by atoms with Crippen LogP contribution in [0.1, 0.15) is 48.1 Å². The standard InChI is InChI=1S/C23H32N6S/c1-17(2)15-22(23-24-25-26-29(23)16-20-8-6-14-30-20)28-12-10-27(11-13-28)21-9-5-7-18(3)19(21)4/h5-9,14,17,22H,10-13,15-16H2,1-4H3/p+1/t22-/m0/s1. The topological polar surface area (TPSA) is 51.3 Å². The zero-order valence-corrected chi connectivity index (χ0v) is 19.3. The van der Waals surface area contributed by atoms with Gasteiger partial charge in [0.15, 0.2) is 0 Å². The molecule has 0 spiro atoms. The highest BCUT2D eigenvalue weighted by molar-refractivity contribution is 7.09. The number of nitrogens with one attached hydrogen (secondary N) is 1. The zero-order valence-electron chi connectivity index (χ0n) is 18.5. The zero-order chi connectivity index (χ0) is 21.1. The summed E-state index contributed by atoms with van der Waals surface area (Å²) in [6.45, 7) is 14.2. The minimum Gasteiger partial charge on any atom is -0.360 e. The van der Waals surface area contributed by atoms with Crippen molar-refractivity contribution < 1.29 is 4.90 Å². The van der Waals surface area contributed by atoms with Crippen molar-refractivity contribution in [1.82, 2.24) is 20.2 Å². The van der Waals surface area contributed by atoms with Gasteiger partial charge in [-0.1, -0.05) is 32.0 Å². The fourth-order valence-corrected chi connectivity index (χ4v) is 5.20. The second-order valence-corrected chi connectivity index (χ2v) is 9.85. The van der Waals surface area contributed by atoms with E-state index in [4.69, 9.17) is 0 Å². The first kappa shape index (κ1) is 21.0. The van der Waals surface area contributed by atoms with E-state index in [9.17, 15) is 0 Å². The van der Waals surface area contributed by atoms with Crippen LogP contribution in [0.3, 0.4) is 0 Å². The molecule has 1 fully saturated rings. The molecule has 160 valence electrons. The summed E-state index contributed by atoms with van der Waals surface area (Å²) in [7, 11) is 0. The number of hydrogen-bond acceptors (Lipinski definition) is 5. The Kier molecular flexibility index (Phi) is 6.49. The lowest BCUT2D eigenvalue weighted by atomic mass is 10.0. The molecule has 2 aromatic heterocycles. The summed E-state index contributed by atoms with van der Waals surface area (Å²) >= 11 is 1.76. The lowest BCUT2D eigenvalue weighted by Gasteiger charge is -2.38. The molecule has 0 bridgehead atoms. The van der Waals surface area contributed by atoms with Crippen LogP contribution in [0.2, 0.25) is 0 Å². The summed E-state index contributed by atoms with van der Waals surface area (Å²) in [6, 6.07) is 11.2. The summed E-state index contributed by atoms with van der Waals surface area (Å²) < 4.78 is 2.02. The Morgan fingerprint density at radius 1 is 1.10 bits per heavy atom. The van der Waals surface area contributed by atoms with Crippen molar-refractivity contribution in [2.75, 3.05) is 31.1 Å². The van der Waals surface area contributed by atoms with Crippen LogP contribution in [0.25, 0.3) is 0 Å². The normalized spacial score (nSPS) is 16.4. The number of thiophene rings is 1. The van der Waals surface area contributed by atoms with Crippen LogP contribution in [0.5, 0.6) is 0 Å². The largest absolute Gasteiger partial charge is 0.360 e. The van der Waals surface area contributed by atoms with Crippen molar-refractivity contribution in [2.45, 2.75) is 46.7 Å². The molecule has 1 atom stereocenters. The van der Waals surface area contributed by atoms with Crippen LogP contribution in [-0.2, 0) is 6.54 Å². The SMILES string of the molecule is Cc1cccc(N2CC[NH+]([C@@H](CC(C)C)c3nnnn3Cc3cccs3)CC2)c1C. The molecule has 0 unspecified atom stereocenters. The Balaban J connectivity index is 1.51. The van der Waals surface area contributed by atoms with Crippen LogP contribution >= 0.6 is 11.3 Å². The molecule has 0 aliphatic carbocycles. The van der Waals surface area contributed by atoms with Gasteiger partial charge in [0.2, 0.25) is 5.82 Å².